The van der Waals surface area contributed by atoms with Crippen molar-refractivity contribution in [3.05, 3.63) is 71.5 Å². The van der Waals surface area contributed by atoms with E-state index >= 15 is 0 Å². The van der Waals surface area contributed by atoms with Gasteiger partial charge in [0.25, 0.3) is 0 Å². The summed E-state index contributed by atoms with van der Waals surface area (Å²) in [6, 6.07) is 0. The Morgan fingerprint density at radius 2 is 1.85 bits per heavy atom. The predicted octanol–water partition coefficient (Wildman–Crippen LogP) is 8.12. The van der Waals surface area contributed by atoms with E-state index in [1.165, 1.54) is 13.2 Å². The third-order valence-electron chi connectivity index (χ3n) is 6.42. The number of allylic oxidation sites excluding steroid dienone is 7. The van der Waals surface area contributed by atoms with Crippen LogP contribution in [0.2, 0.25) is 0 Å². The normalized spacial score (nSPS) is 23.7. The summed E-state index contributed by atoms with van der Waals surface area (Å²) < 4.78 is 48.4. The third kappa shape index (κ3) is 7.00. The van der Waals surface area contributed by atoms with Crippen LogP contribution < -0.4 is 0 Å². The Hall–Kier alpha value is -2.50. The molecule has 2 aliphatic carbocycles. The Morgan fingerprint density at radius 3 is 2.38 bits per heavy atom. The second kappa shape index (κ2) is 11.3. The number of methoxy groups -OCH3 is 1. The van der Waals surface area contributed by atoms with E-state index in [1.54, 1.807) is 17.2 Å². The van der Waals surface area contributed by atoms with Crippen molar-refractivity contribution in [3.8, 4) is 0 Å². The second-order valence-corrected chi connectivity index (χ2v) is 10.7. The number of ether oxygens (including phenoxy) is 1. The maximum Gasteiger partial charge on any atom is 0.180 e. The van der Waals surface area contributed by atoms with Crippen LogP contribution in [0.25, 0.3) is 0 Å². The lowest BCUT2D eigenvalue weighted by Gasteiger charge is -2.45. The molecule has 1 fully saturated rings. The molecule has 34 heavy (non-hydrogen) atoms. The number of hydrogen-bond acceptors (Lipinski definition) is 3. The average molecular weight is 477 g/mol. The molecule has 2 aliphatic rings. The Morgan fingerprint density at radius 1 is 1.24 bits per heavy atom. The molecular weight excluding hydrogens is 437 g/mol. The van der Waals surface area contributed by atoms with Gasteiger partial charge in [0.05, 0.1) is 25.0 Å². The van der Waals surface area contributed by atoms with Crippen molar-refractivity contribution in [1.82, 2.24) is 4.90 Å². The molecule has 3 nitrogen and oxygen atoms in total. The molecule has 0 saturated heterocycles. The fourth-order valence-electron chi connectivity index (χ4n) is 5.36. The van der Waals surface area contributed by atoms with Gasteiger partial charge in [-0.3, -0.25) is 4.99 Å². The summed E-state index contributed by atoms with van der Waals surface area (Å²) in [5.74, 6) is -2.08. The van der Waals surface area contributed by atoms with Crippen molar-refractivity contribution in [3.63, 3.8) is 0 Å². The highest BCUT2D eigenvalue weighted by atomic mass is 19.2. The van der Waals surface area contributed by atoms with E-state index in [-0.39, 0.29) is 35.4 Å². The quantitative estimate of drug-likeness (QED) is 0.191. The van der Waals surface area contributed by atoms with E-state index in [1.807, 2.05) is 19.1 Å². The summed E-state index contributed by atoms with van der Waals surface area (Å²) in [6.07, 6.45) is 9.26. The first-order valence-corrected chi connectivity index (χ1v) is 11.7. The summed E-state index contributed by atoms with van der Waals surface area (Å²) in [6.45, 7) is 18.7. The summed E-state index contributed by atoms with van der Waals surface area (Å²) in [7, 11) is 1.50. The molecule has 0 N–H and O–H groups in total. The van der Waals surface area contributed by atoms with E-state index in [0.29, 0.717) is 17.0 Å². The van der Waals surface area contributed by atoms with E-state index in [9.17, 15) is 13.2 Å². The average Bonchev–Trinajstić information content (AvgIpc) is 2.74. The van der Waals surface area contributed by atoms with Gasteiger partial charge >= 0.3 is 0 Å². The number of aliphatic imine (C=N–C) groups is 1. The van der Waals surface area contributed by atoms with Crippen LogP contribution in [0, 0.1) is 16.7 Å². The molecule has 0 bridgehead atoms. The van der Waals surface area contributed by atoms with Gasteiger partial charge in [0.15, 0.2) is 17.8 Å². The third-order valence-corrected chi connectivity index (χ3v) is 6.42. The van der Waals surface area contributed by atoms with E-state index in [2.05, 4.69) is 46.0 Å². The van der Waals surface area contributed by atoms with Crippen molar-refractivity contribution < 1.29 is 17.9 Å². The molecule has 0 aromatic heterocycles. The lowest BCUT2D eigenvalue weighted by Crippen LogP contribution is -2.35. The topological polar surface area (TPSA) is 24.8 Å². The SMILES string of the molecule is C=N/C(=C\N(C/C(=C/C=C\C)C(=C)OC)C1=CCC(F)C(F)=C1F)C1CC(C)(C)CC(C)(C)C1. The van der Waals surface area contributed by atoms with Gasteiger partial charge in [-0.05, 0) is 43.7 Å². The van der Waals surface area contributed by atoms with Crippen LogP contribution in [0.5, 0.6) is 0 Å². The van der Waals surface area contributed by atoms with E-state index in [4.69, 9.17) is 4.74 Å². The molecule has 0 heterocycles. The lowest BCUT2D eigenvalue weighted by atomic mass is 9.61. The van der Waals surface area contributed by atoms with Crippen molar-refractivity contribution >= 4 is 6.72 Å². The van der Waals surface area contributed by atoms with Crippen LogP contribution in [0.15, 0.2) is 76.5 Å². The molecule has 1 saturated carbocycles. The molecule has 6 heteroatoms. The zero-order valence-corrected chi connectivity index (χ0v) is 21.4. The van der Waals surface area contributed by atoms with E-state index < -0.39 is 17.8 Å². The van der Waals surface area contributed by atoms with Gasteiger partial charge in [-0.25, -0.2) is 13.2 Å². The maximum atomic E-state index is 15.0. The molecule has 0 spiro atoms. The molecule has 2 rings (SSSR count). The highest BCUT2D eigenvalue weighted by molar-refractivity contribution is 5.38. The van der Waals surface area contributed by atoms with Gasteiger partial charge in [0, 0.05) is 24.1 Å². The van der Waals surface area contributed by atoms with Crippen molar-refractivity contribution in [2.45, 2.75) is 66.5 Å². The first-order valence-electron chi connectivity index (χ1n) is 11.7. The first kappa shape index (κ1) is 27.7. The highest BCUT2D eigenvalue weighted by Crippen LogP contribution is 2.50. The Kier molecular flexibility index (Phi) is 9.21. The van der Waals surface area contributed by atoms with Crippen LogP contribution >= 0.6 is 0 Å². The van der Waals surface area contributed by atoms with Crippen molar-refractivity contribution in [1.29, 1.82) is 0 Å². The van der Waals surface area contributed by atoms with Gasteiger partial charge < -0.3 is 9.64 Å². The number of nitrogens with zero attached hydrogens (tertiary/aromatic N) is 2. The minimum atomic E-state index is -1.97. The van der Waals surface area contributed by atoms with Gasteiger partial charge in [-0.2, -0.15) is 0 Å². The Labute approximate surface area is 203 Å². The number of halogens is 3. The maximum absolute atomic E-state index is 15.0. The minimum absolute atomic E-state index is 0.0304. The second-order valence-electron chi connectivity index (χ2n) is 10.7. The summed E-state index contributed by atoms with van der Waals surface area (Å²) in [5, 5.41) is 0. The largest absolute Gasteiger partial charge is 0.497 e. The Bertz CT molecular complexity index is 921. The van der Waals surface area contributed by atoms with Crippen molar-refractivity contribution in [2.75, 3.05) is 13.7 Å². The van der Waals surface area contributed by atoms with Gasteiger partial charge in [-0.15, -0.1) is 0 Å². The standard InChI is InChI=1S/C28H39F3N2O/c1-9-10-11-20(19(2)34-8)16-33(24-13-12-22(29)25(30)26(24)31)17-23(32-7)21-14-27(3,4)18-28(5,6)15-21/h9-11,13,17,21-22H,2,7,12,14-16,18H2,1,3-6,8H3/b10-9-,20-11-,23-17-. The van der Waals surface area contributed by atoms with Gasteiger partial charge in [-0.1, -0.05) is 58.6 Å². The smallest absolute Gasteiger partial charge is 0.180 e. The van der Waals surface area contributed by atoms with Crippen LogP contribution in [0.1, 0.15) is 60.3 Å². The van der Waals surface area contributed by atoms with Crippen LogP contribution in [0.4, 0.5) is 13.2 Å². The zero-order chi connectivity index (χ0) is 25.7. The van der Waals surface area contributed by atoms with Crippen LogP contribution in [-0.2, 0) is 4.74 Å². The molecule has 1 atom stereocenters. The molecule has 1 unspecified atom stereocenters. The predicted molar refractivity (Wildman–Crippen MR) is 135 cm³/mol. The fourth-order valence-corrected chi connectivity index (χ4v) is 5.36. The Balaban J connectivity index is 2.57. The molecule has 0 aromatic rings. The summed E-state index contributed by atoms with van der Waals surface area (Å²) in [5.41, 5.74) is 1.54. The highest BCUT2D eigenvalue weighted by Gasteiger charge is 2.40. The lowest BCUT2D eigenvalue weighted by molar-refractivity contribution is 0.0808. The molecule has 188 valence electrons. The number of hydrogen-bond donors (Lipinski definition) is 0. The monoisotopic (exact) mass is 476 g/mol. The fraction of sp³-hybridized carbons (Fsp3) is 0.536. The van der Waals surface area contributed by atoms with Crippen LogP contribution in [0.3, 0.4) is 0 Å². The molecule has 0 aliphatic heterocycles. The van der Waals surface area contributed by atoms with Gasteiger partial charge in [0.1, 0.15) is 5.76 Å². The number of alkyl halides is 1. The number of rotatable bonds is 9. The molecular formula is C28H39F3N2O. The molecule has 0 amide bonds. The zero-order valence-electron chi connectivity index (χ0n) is 21.4. The minimum Gasteiger partial charge on any atom is -0.497 e. The summed E-state index contributed by atoms with van der Waals surface area (Å²) >= 11 is 0. The van der Waals surface area contributed by atoms with E-state index in [0.717, 1.165) is 19.3 Å². The first-order chi connectivity index (χ1) is 15.8. The van der Waals surface area contributed by atoms with Crippen molar-refractivity contribution in [2.24, 2.45) is 21.7 Å². The summed E-state index contributed by atoms with van der Waals surface area (Å²) in [4.78, 5) is 5.89. The van der Waals surface area contributed by atoms with Crippen LogP contribution in [-0.4, -0.2) is 31.4 Å². The molecule has 0 aromatic carbocycles. The van der Waals surface area contributed by atoms with Gasteiger partial charge in [0.2, 0.25) is 0 Å². The molecule has 0 radical (unpaired) electrons.